The number of carboxylic acid groups (broad SMARTS) is 1. The fraction of sp³-hybridized carbons (Fsp3) is 0.529. The summed E-state index contributed by atoms with van der Waals surface area (Å²) in [7, 11) is 0. The normalized spacial score (nSPS) is 16.0. The van der Waals surface area contributed by atoms with Gasteiger partial charge >= 0.3 is 5.97 Å². The van der Waals surface area contributed by atoms with Crippen LogP contribution in [0.4, 0.5) is 11.4 Å². The number of amides is 1. The standard InChI is InChI=1S/C17H23N3O5/c21-15(19-12-17(16(22)23)9-4-1-5-10-17)8-11-18-13-6-2-3-7-14(13)20(24)25/h2-3,6-7,18H,1,4-5,8-12H2,(H,19,21)(H,22,23). The maximum Gasteiger partial charge on any atom is 0.311 e. The Morgan fingerprint density at radius 3 is 2.52 bits per heavy atom. The van der Waals surface area contributed by atoms with Crippen molar-refractivity contribution in [1.82, 2.24) is 5.32 Å². The Morgan fingerprint density at radius 2 is 1.88 bits per heavy atom. The van der Waals surface area contributed by atoms with Gasteiger partial charge in [0.1, 0.15) is 5.69 Å². The van der Waals surface area contributed by atoms with E-state index in [2.05, 4.69) is 10.6 Å². The lowest BCUT2D eigenvalue weighted by Gasteiger charge is -2.33. The smallest absolute Gasteiger partial charge is 0.311 e. The highest BCUT2D eigenvalue weighted by molar-refractivity contribution is 5.79. The van der Waals surface area contributed by atoms with Gasteiger partial charge in [0.15, 0.2) is 0 Å². The minimum Gasteiger partial charge on any atom is -0.481 e. The number of aliphatic carboxylic acids is 1. The molecule has 1 amide bonds. The van der Waals surface area contributed by atoms with Crippen molar-refractivity contribution in [2.24, 2.45) is 5.41 Å². The van der Waals surface area contributed by atoms with Crippen LogP contribution in [0.2, 0.25) is 0 Å². The molecule has 0 aromatic heterocycles. The first-order valence-electron chi connectivity index (χ1n) is 8.42. The maximum absolute atomic E-state index is 12.0. The van der Waals surface area contributed by atoms with Crippen molar-refractivity contribution in [1.29, 1.82) is 0 Å². The number of hydrogen-bond donors (Lipinski definition) is 3. The van der Waals surface area contributed by atoms with E-state index < -0.39 is 16.3 Å². The Kier molecular flexibility index (Phi) is 6.32. The molecule has 0 unspecified atom stereocenters. The van der Waals surface area contributed by atoms with Crippen LogP contribution in [0.5, 0.6) is 0 Å². The van der Waals surface area contributed by atoms with Crippen LogP contribution in [0.25, 0.3) is 0 Å². The average Bonchev–Trinajstić information content (AvgIpc) is 2.61. The monoisotopic (exact) mass is 349 g/mol. The maximum atomic E-state index is 12.0. The largest absolute Gasteiger partial charge is 0.481 e. The topological polar surface area (TPSA) is 122 Å². The van der Waals surface area contributed by atoms with Crippen molar-refractivity contribution in [3.63, 3.8) is 0 Å². The third kappa shape index (κ3) is 4.91. The number of anilines is 1. The van der Waals surface area contributed by atoms with Crippen LogP contribution >= 0.6 is 0 Å². The lowest BCUT2D eigenvalue weighted by Crippen LogP contribution is -2.44. The first-order valence-corrected chi connectivity index (χ1v) is 8.42. The summed E-state index contributed by atoms with van der Waals surface area (Å²) in [6.07, 6.45) is 4.03. The number of nitrogens with one attached hydrogen (secondary N) is 2. The minimum atomic E-state index is -0.862. The van der Waals surface area contributed by atoms with Crippen molar-refractivity contribution in [2.75, 3.05) is 18.4 Å². The van der Waals surface area contributed by atoms with E-state index in [1.165, 1.54) is 6.07 Å². The molecule has 1 aliphatic carbocycles. The van der Waals surface area contributed by atoms with Crippen LogP contribution in [0, 0.1) is 15.5 Å². The number of hydrogen-bond acceptors (Lipinski definition) is 5. The first-order chi connectivity index (χ1) is 11.9. The molecular weight excluding hydrogens is 326 g/mol. The van der Waals surface area contributed by atoms with Gasteiger partial charge in [0.2, 0.25) is 5.91 Å². The average molecular weight is 349 g/mol. The number of carbonyl (C=O) groups is 2. The van der Waals surface area contributed by atoms with E-state index in [4.69, 9.17) is 0 Å². The van der Waals surface area contributed by atoms with Crippen molar-refractivity contribution < 1.29 is 19.6 Å². The molecule has 2 rings (SSSR count). The molecule has 3 N–H and O–H groups in total. The molecule has 1 aromatic carbocycles. The van der Waals surface area contributed by atoms with E-state index in [1.807, 2.05) is 0 Å². The third-order valence-corrected chi connectivity index (χ3v) is 4.66. The summed E-state index contributed by atoms with van der Waals surface area (Å²) in [4.78, 5) is 34.0. The lowest BCUT2D eigenvalue weighted by molar-refractivity contribution is -0.384. The van der Waals surface area contributed by atoms with E-state index >= 15 is 0 Å². The molecule has 0 atom stereocenters. The van der Waals surface area contributed by atoms with Crippen LogP contribution in [0.1, 0.15) is 38.5 Å². The molecule has 8 nitrogen and oxygen atoms in total. The Morgan fingerprint density at radius 1 is 1.20 bits per heavy atom. The van der Waals surface area contributed by atoms with Crippen LogP contribution in [-0.4, -0.2) is 35.0 Å². The summed E-state index contributed by atoms with van der Waals surface area (Å²) in [6, 6.07) is 6.22. The number of benzene rings is 1. The highest BCUT2D eigenvalue weighted by atomic mass is 16.6. The molecule has 8 heteroatoms. The van der Waals surface area contributed by atoms with Crippen molar-refractivity contribution in [3.05, 3.63) is 34.4 Å². The van der Waals surface area contributed by atoms with Crippen LogP contribution in [0.3, 0.4) is 0 Å². The third-order valence-electron chi connectivity index (χ3n) is 4.66. The molecule has 136 valence electrons. The molecule has 1 aliphatic rings. The molecule has 1 fully saturated rings. The number of para-hydroxylation sites is 2. The zero-order valence-corrected chi connectivity index (χ0v) is 14.0. The fourth-order valence-electron chi connectivity index (χ4n) is 3.14. The number of rotatable bonds is 8. The summed E-state index contributed by atoms with van der Waals surface area (Å²) in [5.41, 5.74) is -0.552. The van der Waals surface area contributed by atoms with Gasteiger partial charge in [0.05, 0.1) is 10.3 Å². The number of nitro benzene ring substituents is 1. The van der Waals surface area contributed by atoms with Crippen LogP contribution < -0.4 is 10.6 Å². The van der Waals surface area contributed by atoms with E-state index in [1.54, 1.807) is 18.2 Å². The van der Waals surface area contributed by atoms with Gasteiger partial charge < -0.3 is 15.7 Å². The number of nitrogens with zero attached hydrogens (tertiary/aromatic N) is 1. The second kappa shape index (κ2) is 8.46. The zero-order chi connectivity index (χ0) is 18.3. The van der Waals surface area contributed by atoms with Gasteiger partial charge in [-0.15, -0.1) is 0 Å². The second-order valence-electron chi connectivity index (χ2n) is 6.37. The van der Waals surface area contributed by atoms with Gasteiger partial charge in [-0.2, -0.15) is 0 Å². The molecule has 0 heterocycles. The zero-order valence-electron chi connectivity index (χ0n) is 14.0. The van der Waals surface area contributed by atoms with Gasteiger partial charge in [-0.3, -0.25) is 19.7 Å². The van der Waals surface area contributed by atoms with E-state index in [9.17, 15) is 24.8 Å². The molecule has 0 saturated heterocycles. The predicted molar refractivity (Wildman–Crippen MR) is 92.4 cm³/mol. The summed E-state index contributed by atoms with van der Waals surface area (Å²) >= 11 is 0. The molecule has 0 aliphatic heterocycles. The Balaban J connectivity index is 1.81. The molecule has 0 radical (unpaired) electrons. The summed E-state index contributed by atoms with van der Waals surface area (Å²) < 4.78 is 0. The van der Waals surface area contributed by atoms with Crippen molar-refractivity contribution in [2.45, 2.75) is 38.5 Å². The van der Waals surface area contributed by atoms with Gasteiger partial charge in [0.25, 0.3) is 5.69 Å². The Hall–Kier alpha value is -2.64. The molecule has 0 spiro atoms. The first kappa shape index (κ1) is 18.7. The van der Waals surface area contributed by atoms with Gasteiger partial charge in [-0.25, -0.2) is 0 Å². The minimum absolute atomic E-state index is 0.0463. The van der Waals surface area contributed by atoms with Gasteiger partial charge in [-0.05, 0) is 18.9 Å². The SMILES string of the molecule is O=C(CCNc1ccccc1[N+](=O)[O-])NCC1(C(=O)O)CCCCC1. The fourth-order valence-corrected chi connectivity index (χ4v) is 3.14. The Labute approximate surface area is 145 Å². The van der Waals surface area contributed by atoms with Gasteiger partial charge in [0, 0.05) is 25.6 Å². The van der Waals surface area contributed by atoms with Gasteiger partial charge in [-0.1, -0.05) is 31.4 Å². The number of carboxylic acids is 1. The second-order valence-corrected chi connectivity index (χ2v) is 6.37. The Bertz CT molecular complexity index is 641. The van der Waals surface area contributed by atoms with Crippen LogP contribution in [0.15, 0.2) is 24.3 Å². The van der Waals surface area contributed by atoms with Crippen LogP contribution in [-0.2, 0) is 9.59 Å². The molecule has 1 aromatic rings. The highest BCUT2D eigenvalue weighted by Gasteiger charge is 2.39. The molecular formula is C17H23N3O5. The lowest BCUT2D eigenvalue weighted by atomic mass is 9.74. The number of carbonyl (C=O) groups excluding carboxylic acids is 1. The van der Waals surface area contributed by atoms with E-state index in [-0.39, 0.29) is 31.1 Å². The number of nitro groups is 1. The molecule has 0 bridgehead atoms. The summed E-state index contributed by atoms with van der Waals surface area (Å²) in [5.74, 6) is -1.12. The summed E-state index contributed by atoms with van der Waals surface area (Å²) in [5, 5.41) is 26.0. The van der Waals surface area contributed by atoms with Crippen molar-refractivity contribution in [3.8, 4) is 0 Å². The quantitative estimate of drug-likeness (QED) is 0.490. The van der Waals surface area contributed by atoms with E-state index in [0.717, 1.165) is 19.3 Å². The van der Waals surface area contributed by atoms with E-state index in [0.29, 0.717) is 18.5 Å². The summed E-state index contributed by atoms with van der Waals surface area (Å²) in [6.45, 7) is 0.364. The molecule has 25 heavy (non-hydrogen) atoms. The highest BCUT2D eigenvalue weighted by Crippen LogP contribution is 2.36. The van der Waals surface area contributed by atoms with Crippen molar-refractivity contribution >= 4 is 23.3 Å². The predicted octanol–water partition coefficient (Wildman–Crippen LogP) is 2.55. The molecule has 1 saturated carbocycles.